The van der Waals surface area contributed by atoms with Gasteiger partial charge in [-0.05, 0) is 107 Å². The van der Waals surface area contributed by atoms with Gasteiger partial charge in [-0.3, -0.25) is 24.0 Å². The molecule has 4 fully saturated rings. The summed E-state index contributed by atoms with van der Waals surface area (Å²) in [6, 6.07) is -2.24. The number of fused-ring (bicyclic) bond motifs is 4. The van der Waals surface area contributed by atoms with E-state index in [4.69, 9.17) is 48.9 Å². The number of anilines is 2. The highest BCUT2D eigenvalue weighted by Gasteiger charge is 2.53. The molecule has 3 saturated heterocycles. The molecule has 552 valence electrons. The smallest absolute Gasteiger partial charge is 0.410 e. The maximum atomic E-state index is 14.7. The summed E-state index contributed by atoms with van der Waals surface area (Å²) in [6.07, 6.45) is 13.3. The first-order valence-electron chi connectivity index (χ1n) is 35.9. The van der Waals surface area contributed by atoms with Gasteiger partial charge in [-0.1, -0.05) is 71.1 Å². The number of amides is 3. The van der Waals surface area contributed by atoms with Gasteiger partial charge in [0.2, 0.25) is 17.7 Å². The lowest BCUT2D eigenvalue weighted by atomic mass is 9.80. The number of piperazine rings is 1. The van der Waals surface area contributed by atoms with Crippen LogP contribution in [0.2, 0.25) is 0 Å². The number of nitrogens with one attached hydrogen (secondary N) is 1. The van der Waals surface area contributed by atoms with E-state index in [1.54, 1.807) is 46.1 Å². The van der Waals surface area contributed by atoms with Crippen molar-refractivity contribution in [2.75, 3.05) is 96.3 Å². The van der Waals surface area contributed by atoms with Gasteiger partial charge in [-0.2, -0.15) is 0 Å². The van der Waals surface area contributed by atoms with Crippen molar-refractivity contribution in [3.05, 3.63) is 83.0 Å². The third-order valence-electron chi connectivity index (χ3n) is 20.4. The number of ketones is 3. The Hall–Kier alpha value is -6.95. The van der Waals surface area contributed by atoms with E-state index in [-0.39, 0.29) is 55.7 Å². The van der Waals surface area contributed by atoms with Crippen LogP contribution in [0.25, 0.3) is 0 Å². The number of methoxy groups -OCH3 is 2. The molecule has 0 radical (unpaired) electrons. The molecule has 5 aliphatic heterocycles. The predicted octanol–water partition coefficient (Wildman–Crippen LogP) is 5.50. The van der Waals surface area contributed by atoms with Gasteiger partial charge in [0.15, 0.2) is 5.78 Å². The Bertz CT molecular complexity index is 3220. The summed E-state index contributed by atoms with van der Waals surface area (Å²) in [5.74, 6) is -8.42. The maximum Gasteiger partial charge on any atom is 0.410 e. The van der Waals surface area contributed by atoms with E-state index in [0.29, 0.717) is 141 Å². The number of Topliss-reactive ketones (excluding diaryl/α,β-unsaturated/α-hetero) is 3. The summed E-state index contributed by atoms with van der Waals surface area (Å²) in [6.45, 7) is 17.8. The minimum absolute atomic E-state index is 0.00273. The molecule has 1 saturated carbocycles. The van der Waals surface area contributed by atoms with Gasteiger partial charge < -0.3 is 79.1 Å². The topological polar surface area (TPSA) is 347 Å². The number of hydrogen-bond acceptors (Lipinski definition) is 24. The number of rotatable bonds is 17. The van der Waals surface area contributed by atoms with Gasteiger partial charge in [0.25, 0.3) is 17.6 Å². The summed E-state index contributed by atoms with van der Waals surface area (Å²) in [4.78, 5) is 124. The zero-order valence-electron chi connectivity index (χ0n) is 59.9. The molecule has 1 unspecified atom stereocenters. The lowest BCUT2D eigenvalue weighted by molar-refractivity contribution is -0.265. The first-order valence-corrected chi connectivity index (χ1v) is 35.9. The Morgan fingerprint density at radius 2 is 1.49 bits per heavy atom. The zero-order chi connectivity index (χ0) is 72.2. The minimum atomic E-state index is -2.51. The first kappa shape index (κ1) is 78.8. The van der Waals surface area contributed by atoms with Gasteiger partial charge in [0.05, 0.1) is 55.9 Å². The number of carbonyl (C=O) groups is 7. The number of cyclic esters (lactones) is 1. The number of ether oxygens (including phenoxy) is 7. The lowest BCUT2D eigenvalue weighted by Crippen LogP contribution is -2.61. The normalized spacial score (nSPS) is 31.9. The fourth-order valence-corrected chi connectivity index (χ4v) is 14.1. The molecular weight excluding hydrogens is 1290 g/mol. The maximum absolute atomic E-state index is 14.7. The van der Waals surface area contributed by atoms with Crippen LogP contribution in [0, 0.1) is 29.6 Å². The van der Waals surface area contributed by atoms with Gasteiger partial charge in [0.1, 0.15) is 36.2 Å². The van der Waals surface area contributed by atoms with E-state index < -0.39 is 120 Å². The average Bonchev–Trinajstić information content (AvgIpc) is 0.772. The Morgan fingerprint density at radius 3 is 2.20 bits per heavy atom. The number of carbonyl (C=O) groups excluding carboxylic acids is 7. The summed E-state index contributed by atoms with van der Waals surface area (Å²) in [5.41, 5.74) is 10.1. The summed E-state index contributed by atoms with van der Waals surface area (Å²) < 4.78 is 41.4. The first-order chi connectivity index (χ1) is 47.9. The number of nitrogens with two attached hydrogens (primary N) is 1. The molecule has 2 aromatic rings. The van der Waals surface area contributed by atoms with Crippen LogP contribution in [-0.4, -0.2) is 233 Å². The van der Waals surface area contributed by atoms with E-state index in [9.17, 15) is 48.9 Å². The number of aliphatic hydroxyl groups is 3. The van der Waals surface area contributed by atoms with Crippen LogP contribution in [0.3, 0.4) is 0 Å². The van der Waals surface area contributed by atoms with E-state index in [1.165, 1.54) is 25.4 Å². The Morgan fingerprint density at radius 1 is 0.780 bits per heavy atom. The largest absolute Gasteiger partial charge is 0.459 e. The molecule has 2 aromatic heterocycles. The Labute approximate surface area is 588 Å². The van der Waals surface area contributed by atoms with Gasteiger partial charge in [-0.25, -0.2) is 29.5 Å². The molecule has 8 rings (SSSR count). The predicted molar refractivity (Wildman–Crippen MR) is 370 cm³/mol. The van der Waals surface area contributed by atoms with Crippen molar-refractivity contribution in [1.29, 1.82) is 0 Å². The van der Waals surface area contributed by atoms with Crippen LogP contribution in [0.1, 0.15) is 154 Å². The summed E-state index contributed by atoms with van der Waals surface area (Å²) >= 11 is 0. The van der Waals surface area contributed by atoms with Crippen LogP contribution in [-0.2, 0) is 70.1 Å². The molecule has 0 spiro atoms. The van der Waals surface area contributed by atoms with Gasteiger partial charge in [0, 0.05) is 134 Å². The van der Waals surface area contributed by atoms with Crippen molar-refractivity contribution in [3.8, 4) is 0 Å². The highest BCUT2D eigenvalue weighted by Crippen LogP contribution is 2.38. The standard InChI is InChI=1S/C73H108N10O17/c1-10-31-96-33-34-97-32-24-75-67(89)52-41-76-70(77-42-52)80-27-29-81(30-28-80)71-78-43-53-44-82(26-23-56(53)79-71)72(92)99-59-22-20-51(38-62(59)95-9)37-55(74)61-40-58(84)47(4)36-49(6)64(86)65(87)63(85)48(5)35-45(2)16-12-11-13-17-46(3)60(94-8)39-54-21-19-50(7)73(93,100-54)66(88)68(90)83-25-15-14-18-57(83)69(91)98-61/h11-13,16-17,36,41-43,45,47-48,50-51,54-55,57,59-62,64-65,86-87,93H,10,14-15,18-35,37-40,44,74H2,1-9H3,(H,75,89)/b13-11+,16-12+,46-17+,49-36+/t45-,47-,48-,50-,51+,54+,55-,57+,59?,60+,61+,62-,64-,65+,73-/m1/s1. The van der Waals surface area contributed by atoms with Crippen molar-refractivity contribution in [1.82, 2.24) is 35.1 Å². The quantitative estimate of drug-likeness (QED) is 0.0565. The summed E-state index contributed by atoms with van der Waals surface area (Å²) in [7, 11) is 3.09. The second kappa shape index (κ2) is 37.8. The minimum Gasteiger partial charge on any atom is -0.459 e. The zero-order valence-corrected chi connectivity index (χ0v) is 59.9. The third-order valence-corrected chi connectivity index (χ3v) is 20.4. The Balaban J connectivity index is 0.893. The van der Waals surface area contributed by atoms with E-state index in [1.807, 2.05) is 56.1 Å². The Kier molecular flexibility index (Phi) is 29.8. The molecular formula is C73H108N10O17. The van der Waals surface area contributed by atoms with Crippen LogP contribution in [0.15, 0.2) is 66.2 Å². The number of allylic oxidation sites excluding steroid dienone is 6. The second-order valence-corrected chi connectivity index (χ2v) is 28.0. The molecule has 7 heterocycles. The molecule has 2 bridgehead atoms. The highest BCUT2D eigenvalue weighted by atomic mass is 16.6. The van der Waals surface area contributed by atoms with Crippen molar-refractivity contribution in [2.45, 2.75) is 206 Å². The van der Waals surface area contributed by atoms with E-state index in [0.717, 1.165) is 28.2 Å². The average molecular weight is 1400 g/mol. The van der Waals surface area contributed by atoms with E-state index >= 15 is 0 Å². The molecule has 27 nitrogen and oxygen atoms in total. The van der Waals surface area contributed by atoms with Crippen LogP contribution >= 0.6 is 0 Å². The van der Waals surface area contributed by atoms with Crippen molar-refractivity contribution in [3.63, 3.8) is 0 Å². The van der Waals surface area contributed by atoms with Crippen LogP contribution in [0.4, 0.5) is 16.7 Å². The van der Waals surface area contributed by atoms with Crippen molar-refractivity contribution >= 4 is 53.1 Å². The lowest BCUT2D eigenvalue weighted by Gasteiger charge is -2.42. The molecule has 100 heavy (non-hydrogen) atoms. The number of aliphatic hydroxyl groups excluding tert-OH is 2. The van der Waals surface area contributed by atoms with Crippen molar-refractivity contribution in [2.24, 2.45) is 35.3 Å². The summed E-state index contributed by atoms with van der Waals surface area (Å²) in [5, 5.41) is 37.5. The highest BCUT2D eigenvalue weighted by molar-refractivity contribution is 6.39. The molecule has 6 aliphatic rings. The molecule has 15 atom stereocenters. The molecule has 6 N–H and O–H groups in total. The van der Waals surface area contributed by atoms with Crippen LogP contribution in [0.5, 0.6) is 0 Å². The van der Waals surface area contributed by atoms with Crippen LogP contribution < -0.4 is 20.9 Å². The number of esters is 1. The van der Waals surface area contributed by atoms with Gasteiger partial charge in [-0.15, -0.1) is 0 Å². The molecule has 1 aliphatic carbocycles. The number of piperidine rings is 1. The SMILES string of the molecule is CCCOCCOCCNC(=O)c1cnc(N2CCN(c3ncc4c(n3)CCN(C(=O)OC3CC[C@@H](C[C@@H](N)[C@@H]5CC(=O)[C@H](C)/C=C(\C)[C@@H](O)[C@@H](O)C(=O)[C@H](C)C[C@H](C)/C=C/C=C/C=C(\C)[C@@H](OC)C[C@@H]6CC[C@@H](C)[C@@](O)(O6)C(=O)C(=O)N6CCCC[C@H]6C(=O)O5)C[C@H]3OC)C4)CC2)nc1. The number of aromatic nitrogens is 4. The third kappa shape index (κ3) is 21.1. The fraction of sp³-hybridized carbons (Fsp3) is 0.685. The number of nitrogens with zero attached hydrogens (tertiary/aromatic N) is 8. The van der Waals surface area contributed by atoms with E-state index in [2.05, 4.69) is 20.2 Å². The van der Waals surface area contributed by atoms with Gasteiger partial charge >= 0.3 is 12.1 Å². The molecule has 3 amide bonds. The number of hydrogen-bond donors (Lipinski definition) is 5. The monoisotopic (exact) mass is 1400 g/mol. The second-order valence-electron chi connectivity index (χ2n) is 28.0. The van der Waals surface area contributed by atoms with Crippen molar-refractivity contribution < 1.29 is 82.0 Å². The molecule has 0 aromatic carbocycles. The molecule has 27 heteroatoms. The fourth-order valence-electron chi connectivity index (χ4n) is 14.1.